The molecule has 0 bridgehead atoms. The largest absolute Gasteiger partial charge is 0.458 e. The molecule has 1 aromatic heterocycles. The van der Waals surface area contributed by atoms with Gasteiger partial charge in [0.25, 0.3) is 0 Å². The third kappa shape index (κ3) is 2.31. The van der Waals surface area contributed by atoms with Crippen LogP contribution in [0.25, 0.3) is 11.0 Å². The van der Waals surface area contributed by atoms with Crippen LogP contribution in [0.2, 0.25) is 0 Å². The molecule has 2 rings (SSSR count). The lowest BCUT2D eigenvalue weighted by molar-refractivity contribution is 0.518. The molecule has 0 saturated carbocycles. The van der Waals surface area contributed by atoms with Crippen LogP contribution in [0.5, 0.6) is 0 Å². The van der Waals surface area contributed by atoms with E-state index in [-0.39, 0.29) is 17.0 Å². The number of benzene rings is 1. The number of halogens is 2. The molecule has 1 N–H and O–H groups in total. The predicted octanol–water partition coefficient (Wildman–Crippen LogP) is 3.25. The van der Waals surface area contributed by atoms with Crippen molar-refractivity contribution >= 4 is 11.0 Å². The van der Waals surface area contributed by atoms with Crippen molar-refractivity contribution < 1.29 is 13.2 Å². The average Bonchev–Trinajstić information content (AvgIpc) is 2.66. The first kappa shape index (κ1) is 12.0. The number of likely N-dealkylation sites (N-methyl/N-ethyl adjacent to an activating group) is 1. The third-order valence-corrected chi connectivity index (χ3v) is 2.79. The van der Waals surface area contributed by atoms with Crippen LogP contribution >= 0.6 is 0 Å². The highest BCUT2D eigenvalue weighted by molar-refractivity contribution is 5.79. The summed E-state index contributed by atoms with van der Waals surface area (Å²) < 4.78 is 32.1. The number of fused-ring (bicyclic) bond motifs is 1. The van der Waals surface area contributed by atoms with Gasteiger partial charge in [-0.1, -0.05) is 13.0 Å². The first-order valence-electron chi connectivity index (χ1n) is 5.71. The zero-order valence-electron chi connectivity index (χ0n) is 9.89. The third-order valence-electron chi connectivity index (χ3n) is 2.79. The Morgan fingerprint density at radius 1 is 1.35 bits per heavy atom. The van der Waals surface area contributed by atoms with E-state index < -0.39 is 11.6 Å². The fourth-order valence-electron chi connectivity index (χ4n) is 1.98. The molecule has 2 aromatic rings. The van der Waals surface area contributed by atoms with Crippen LogP contribution in [0, 0.1) is 11.6 Å². The van der Waals surface area contributed by atoms with Gasteiger partial charge in [-0.15, -0.1) is 0 Å². The van der Waals surface area contributed by atoms with Crippen LogP contribution < -0.4 is 5.32 Å². The molecule has 0 aliphatic carbocycles. The van der Waals surface area contributed by atoms with E-state index >= 15 is 0 Å². The quantitative estimate of drug-likeness (QED) is 0.886. The number of rotatable bonds is 4. The number of hydrogen-bond acceptors (Lipinski definition) is 2. The molecule has 0 saturated heterocycles. The lowest BCUT2D eigenvalue weighted by Gasteiger charge is -2.12. The molecule has 0 aliphatic rings. The fraction of sp³-hybridized carbons (Fsp3) is 0.385. The molecule has 0 fully saturated rings. The first-order valence-corrected chi connectivity index (χ1v) is 5.71. The maximum absolute atomic E-state index is 14.0. The standard InChI is InChI=1S/C13H15F2NO/c1-3-16-8(2)6-9-4-5-10-11(14)7-17-13(10)12(9)15/h4-5,7-8,16H,3,6H2,1-2H3. The molecule has 1 aromatic carbocycles. The van der Waals surface area contributed by atoms with E-state index in [1.165, 1.54) is 0 Å². The zero-order chi connectivity index (χ0) is 12.4. The number of nitrogens with one attached hydrogen (secondary N) is 1. The molecular formula is C13H15F2NO. The highest BCUT2D eigenvalue weighted by Gasteiger charge is 2.15. The van der Waals surface area contributed by atoms with Crippen molar-refractivity contribution in [2.75, 3.05) is 6.54 Å². The summed E-state index contributed by atoms with van der Waals surface area (Å²) in [5.74, 6) is -0.985. The van der Waals surface area contributed by atoms with Gasteiger partial charge in [0.1, 0.15) is 6.26 Å². The highest BCUT2D eigenvalue weighted by Crippen LogP contribution is 2.25. The van der Waals surface area contributed by atoms with E-state index in [4.69, 9.17) is 4.42 Å². The minimum absolute atomic E-state index is 0.00342. The topological polar surface area (TPSA) is 25.2 Å². The monoisotopic (exact) mass is 239 g/mol. The van der Waals surface area contributed by atoms with Crippen molar-refractivity contribution in [3.8, 4) is 0 Å². The Bertz CT molecular complexity index is 521. The summed E-state index contributed by atoms with van der Waals surface area (Å²) in [4.78, 5) is 0. The number of hydrogen-bond donors (Lipinski definition) is 1. The van der Waals surface area contributed by atoms with Gasteiger partial charge in [0.2, 0.25) is 0 Å². The average molecular weight is 239 g/mol. The van der Waals surface area contributed by atoms with Crippen LogP contribution in [0.1, 0.15) is 19.4 Å². The Hall–Kier alpha value is -1.42. The van der Waals surface area contributed by atoms with Gasteiger partial charge >= 0.3 is 0 Å². The molecular weight excluding hydrogens is 224 g/mol. The van der Waals surface area contributed by atoms with Crippen molar-refractivity contribution in [2.24, 2.45) is 0 Å². The van der Waals surface area contributed by atoms with Crippen LogP contribution in [-0.4, -0.2) is 12.6 Å². The van der Waals surface area contributed by atoms with E-state index in [2.05, 4.69) is 5.32 Å². The van der Waals surface area contributed by atoms with Gasteiger partial charge in [-0.2, -0.15) is 0 Å². The second-order valence-corrected chi connectivity index (χ2v) is 4.16. The maximum atomic E-state index is 14.0. The molecule has 0 aliphatic heterocycles. The van der Waals surface area contributed by atoms with Gasteiger partial charge in [-0.3, -0.25) is 0 Å². The Morgan fingerprint density at radius 3 is 2.82 bits per heavy atom. The molecule has 0 radical (unpaired) electrons. The van der Waals surface area contributed by atoms with E-state index in [1.54, 1.807) is 12.1 Å². The minimum atomic E-state index is -0.523. The van der Waals surface area contributed by atoms with E-state index in [1.807, 2.05) is 13.8 Å². The Kier molecular flexibility index (Phi) is 3.43. The van der Waals surface area contributed by atoms with Gasteiger partial charge in [0, 0.05) is 6.04 Å². The second-order valence-electron chi connectivity index (χ2n) is 4.16. The SMILES string of the molecule is CCNC(C)Cc1ccc2c(F)coc2c1F. The Balaban J connectivity index is 2.32. The van der Waals surface area contributed by atoms with E-state index in [9.17, 15) is 8.78 Å². The smallest absolute Gasteiger partial charge is 0.172 e. The normalized spacial score (nSPS) is 13.2. The second kappa shape index (κ2) is 4.84. The van der Waals surface area contributed by atoms with Crippen molar-refractivity contribution in [3.05, 3.63) is 35.6 Å². The zero-order valence-corrected chi connectivity index (χ0v) is 9.89. The van der Waals surface area contributed by atoms with Crippen LogP contribution in [0.15, 0.2) is 22.8 Å². The van der Waals surface area contributed by atoms with Gasteiger partial charge in [0.05, 0.1) is 5.39 Å². The maximum Gasteiger partial charge on any atom is 0.172 e. The van der Waals surface area contributed by atoms with Gasteiger partial charge in [0.15, 0.2) is 17.2 Å². The predicted molar refractivity (Wildman–Crippen MR) is 63.0 cm³/mol. The summed E-state index contributed by atoms with van der Waals surface area (Å²) in [6.07, 6.45) is 1.49. The summed E-state index contributed by atoms with van der Waals surface area (Å²) >= 11 is 0. The summed E-state index contributed by atoms with van der Waals surface area (Å²) in [5, 5.41) is 3.40. The molecule has 92 valence electrons. The summed E-state index contributed by atoms with van der Waals surface area (Å²) in [6.45, 7) is 4.81. The molecule has 4 heteroatoms. The summed E-state index contributed by atoms with van der Waals surface area (Å²) in [5.41, 5.74) is 0.545. The summed E-state index contributed by atoms with van der Waals surface area (Å²) in [7, 11) is 0. The molecule has 1 atom stereocenters. The van der Waals surface area contributed by atoms with Gasteiger partial charge < -0.3 is 9.73 Å². The molecule has 0 spiro atoms. The van der Waals surface area contributed by atoms with Crippen molar-refractivity contribution in [1.82, 2.24) is 5.32 Å². The Labute approximate surface area is 98.6 Å². The van der Waals surface area contributed by atoms with Crippen molar-refractivity contribution in [2.45, 2.75) is 26.3 Å². The van der Waals surface area contributed by atoms with Crippen molar-refractivity contribution in [3.63, 3.8) is 0 Å². The van der Waals surface area contributed by atoms with E-state index in [0.717, 1.165) is 12.8 Å². The fourth-order valence-corrected chi connectivity index (χ4v) is 1.98. The highest BCUT2D eigenvalue weighted by atomic mass is 19.1. The van der Waals surface area contributed by atoms with Gasteiger partial charge in [-0.05, 0) is 31.5 Å². The lowest BCUT2D eigenvalue weighted by Crippen LogP contribution is -2.27. The van der Waals surface area contributed by atoms with Crippen molar-refractivity contribution in [1.29, 1.82) is 0 Å². The first-order chi connectivity index (χ1) is 8.13. The minimum Gasteiger partial charge on any atom is -0.458 e. The van der Waals surface area contributed by atoms with Crippen LogP contribution in [-0.2, 0) is 6.42 Å². The Morgan fingerprint density at radius 2 is 2.12 bits per heavy atom. The van der Waals surface area contributed by atoms with Crippen LogP contribution in [0.4, 0.5) is 8.78 Å². The molecule has 1 unspecified atom stereocenters. The number of furan rings is 1. The summed E-state index contributed by atoms with van der Waals surface area (Å²) in [6, 6.07) is 3.35. The molecule has 17 heavy (non-hydrogen) atoms. The molecule has 0 amide bonds. The van der Waals surface area contributed by atoms with Gasteiger partial charge in [-0.25, -0.2) is 8.78 Å². The molecule has 1 heterocycles. The van der Waals surface area contributed by atoms with E-state index in [0.29, 0.717) is 12.0 Å². The van der Waals surface area contributed by atoms with Crippen LogP contribution in [0.3, 0.4) is 0 Å². The lowest BCUT2D eigenvalue weighted by atomic mass is 10.0. The molecule has 2 nitrogen and oxygen atoms in total.